The molecule has 1 fully saturated rings. The highest BCUT2D eigenvalue weighted by molar-refractivity contribution is 14.0. The Kier molecular flexibility index (Phi) is 11.4. The molecule has 1 saturated heterocycles. The van der Waals surface area contributed by atoms with E-state index < -0.39 is 0 Å². The van der Waals surface area contributed by atoms with Crippen LogP contribution in [0.2, 0.25) is 0 Å². The number of para-hydroxylation sites is 1. The van der Waals surface area contributed by atoms with Crippen LogP contribution in [0.3, 0.4) is 0 Å². The number of nitrogens with one attached hydrogen (secondary N) is 2. The number of benzene rings is 1. The number of rotatable bonds is 9. The first-order chi connectivity index (χ1) is 14.3. The van der Waals surface area contributed by atoms with Crippen LogP contribution in [-0.4, -0.2) is 54.7 Å². The molecule has 0 aliphatic carbocycles. The highest BCUT2D eigenvalue weighted by Crippen LogP contribution is 2.18. The van der Waals surface area contributed by atoms with E-state index in [-0.39, 0.29) is 30.1 Å². The number of anilines is 1. The first-order valence-electron chi connectivity index (χ1n) is 10.7. The van der Waals surface area contributed by atoms with Gasteiger partial charge in [-0.15, -0.1) is 24.0 Å². The SMILES string of the molecule is CCNC(=NCCCCNc1ccccn1)N1CCC(Oc2ccccc2)CC1.I. The largest absolute Gasteiger partial charge is 0.490 e. The molecule has 0 radical (unpaired) electrons. The van der Waals surface area contributed by atoms with Gasteiger partial charge in [0, 0.05) is 51.8 Å². The van der Waals surface area contributed by atoms with E-state index in [0.29, 0.717) is 0 Å². The van der Waals surface area contributed by atoms with Crippen molar-refractivity contribution in [3.8, 4) is 5.75 Å². The molecule has 2 aromatic rings. The number of piperidine rings is 1. The van der Waals surface area contributed by atoms with Crippen molar-refractivity contribution in [3.05, 3.63) is 54.7 Å². The predicted molar refractivity (Wildman–Crippen MR) is 135 cm³/mol. The number of guanidine groups is 1. The molecular weight excluding hydrogens is 489 g/mol. The normalized spacial score (nSPS) is 14.7. The zero-order valence-electron chi connectivity index (χ0n) is 17.8. The number of unbranched alkanes of at least 4 members (excludes halogenated alkanes) is 1. The number of halogens is 1. The van der Waals surface area contributed by atoms with E-state index in [9.17, 15) is 0 Å². The number of nitrogens with zero attached hydrogens (tertiary/aromatic N) is 3. The first kappa shape index (κ1) is 24.2. The fraction of sp³-hybridized carbons (Fsp3) is 0.478. The predicted octanol–water partition coefficient (Wildman–Crippen LogP) is 4.40. The van der Waals surface area contributed by atoms with Gasteiger partial charge in [0.2, 0.25) is 0 Å². The van der Waals surface area contributed by atoms with E-state index in [1.165, 1.54) is 0 Å². The lowest BCUT2D eigenvalue weighted by Crippen LogP contribution is -2.47. The third-order valence-electron chi connectivity index (χ3n) is 4.94. The van der Waals surface area contributed by atoms with Crippen LogP contribution in [0.25, 0.3) is 0 Å². The lowest BCUT2D eigenvalue weighted by atomic mass is 10.1. The fourth-order valence-electron chi connectivity index (χ4n) is 3.41. The molecule has 3 rings (SSSR count). The number of hydrogen-bond donors (Lipinski definition) is 2. The van der Waals surface area contributed by atoms with Crippen molar-refractivity contribution in [2.75, 3.05) is 38.0 Å². The summed E-state index contributed by atoms with van der Waals surface area (Å²) in [4.78, 5) is 11.5. The molecule has 0 atom stereocenters. The highest BCUT2D eigenvalue weighted by atomic mass is 127. The maximum atomic E-state index is 6.11. The maximum Gasteiger partial charge on any atom is 0.193 e. The van der Waals surface area contributed by atoms with Crippen LogP contribution in [-0.2, 0) is 0 Å². The lowest BCUT2D eigenvalue weighted by Gasteiger charge is -2.34. The molecule has 30 heavy (non-hydrogen) atoms. The Balaban J connectivity index is 0.00000320. The molecule has 6 nitrogen and oxygen atoms in total. The van der Waals surface area contributed by atoms with Crippen molar-refractivity contribution >= 4 is 35.8 Å². The van der Waals surface area contributed by atoms with Gasteiger partial charge in [-0.25, -0.2) is 4.98 Å². The third-order valence-corrected chi connectivity index (χ3v) is 4.94. The minimum atomic E-state index is 0. The summed E-state index contributed by atoms with van der Waals surface area (Å²) in [5, 5.41) is 6.79. The number of ether oxygens (including phenoxy) is 1. The molecule has 164 valence electrons. The standard InChI is InChI=1S/C23H33N5O.HI/c1-2-24-23(27-17-9-8-16-26-22-12-6-7-15-25-22)28-18-13-21(14-19-28)29-20-10-4-3-5-11-20;/h3-7,10-12,15,21H,2,8-9,13-14,16-19H2,1H3,(H,24,27)(H,25,26);1H. The molecule has 2 heterocycles. The average Bonchev–Trinajstić information content (AvgIpc) is 2.77. The third kappa shape index (κ3) is 8.38. The second kappa shape index (κ2) is 14.1. The first-order valence-corrected chi connectivity index (χ1v) is 10.7. The Morgan fingerprint density at radius 2 is 1.87 bits per heavy atom. The molecule has 0 bridgehead atoms. The van der Waals surface area contributed by atoms with Gasteiger partial charge in [-0.2, -0.15) is 0 Å². The molecule has 0 unspecified atom stereocenters. The van der Waals surface area contributed by atoms with Gasteiger partial charge in [-0.05, 0) is 44.0 Å². The van der Waals surface area contributed by atoms with Crippen LogP contribution in [0.1, 0.15) is 32.6 Å². The zero-order chi connectivity index (χ0) is 20.2. The number of aromatic nitrogens is 1. The summed E-state index contributed by atoms with van der Waals surface area (Å²) in [5.41, 5.74) is 0. The Hall–Kier alpha value is -2.03. The Morgan fingerprint density at radius 1 is 1.10 bits per heavy atom. The van der Waals surface area contributed by atoms with Gasteiger partial charge in [-0.1, -0.05) is 24.3 Å². The highest BCUT2D eigenvalue weighted by Gasteiger charge is 2.22. The number of aliphatic imine (C=N–C) groups is 1. The van der Waals surface area contributed by atoms with Crippen molar-refractivity contribution in [1.29, 1.82) is 0 Å². The molecule has 1 aromatic heterocycles. The van der Waals surface area contributed by atoms with E-state index in [4.69, 9.17) is 9.73 Å². The van der Waals surface area contributed by atoms with Gasteiger partial charge >= 0.3 is 0 Å². The van der Waals surface area contributed by atoms with E-state index in [0.717, 1.165) is 75.9 Å². The summed E-state index contributed by atoms with van der Waals surface area (Å²) >= 11 is 0. The van der Waals surface area contributed by atoms with Gasteiger partial charge in [-0.3, -0.25) is 4.99 Å². The second-order valence-corrected chi connectivity index (χ2v) is 7.20. The van der Waals surface area contributed by atoms with Crippen LogP contribution in [0.15, 0.2) is 59.7 Å². The summed E-state index contributed by atoms with van der Waals surface area (Å²) in [6, 6.07) is 16.0. The molecule has 0 saturated carbocycles. The van der Waals surface area contributed by atoms with Gasteiger partial charge in [0.05, 0.1) is 0 Å². The van der Waals surface area contributed by atoms with Crippen molar-refractivity contribution in [1.82, 2.24) is 15.2 Å². The zero-order valence-corrected chi connectivity index (χ0v) is 20.1. The monoisotopic (exact) mass is 523 g/mol. The van der Waals surface area contributed by atoms with E-state index in [1.54, 1.807) is 0 Å². The lowest BCUT2D eigenvalue weighted by molar-refractivity contribution is 0.129. The van der Waals surface area contributed by atoms with Gasteiger partial charge in [0.15, 0.2) is 5.96 Å². The van der Waals surface area contributed by atoms with Crippen LogP contribution in [0.4, 0.5) is 5.82 Å². The van der Waals surface area contributed by atoms with Gasteiger partial charge < -0.3 is 20.3 Å². The molecule has 7 heteroatoms. The summed E-state index contributed by atoms with van der Waals surface area (Å²) < 4.78 is 6.11. The second-order valence-electron chi connectivity index (χ2n) is 7.20. The minimum Gasteiger partial charge on any atom is -0.490 e. The van der Waals surface area contributed by atoms with Crippen LogP contribution >= 0.6 is 24.0 Å². The van der Waals surface area contributed by atoms with E-state index in [1.807, 2.05) is 54.7 Å². The quantitative estimate of drug-likeness (QED) is 0.221. The Morgan fingerprint density at radius 3 is 2.57 bits per heavy atom. The van der Waals surface area contributed by atoms with E-state index in [2.05, 4.69) is 27.4 Å². The maximum absolute atomic E-state index is 6.11. The summed E-state index contributed by atoms with van der Waals surface area (Å²) in [6.45, 7) is 6.73. The van der Waals surface area contributed by atoms with Crippen molar-refractivity contribution < 1.29 is 4.74 Å². The van der Waals surface area contributed by atoms with Crippen LogP contribution in [0.5, 0.6) is 5.75 Å². The molecule has 1 aromatic carbocycles. The fourth-order valence-corrected chi connectivity index (χ4v) is 3.41. The van der Waals surface area contributed by atoms with Crippen LogP contribution in [0, 0.1) is 0 Å². The summed E-state index contributed by atoms with van der Waals surface area (Å²) in [5.74, 6) is 2.93. The van der Waals surface area contributed by atoms with Crippen molar-refractivity contribution in [3.63, 3.8) is 0 Å². The average molecular weight is 523 g/mol. The number of pyridine rings is 1. The minimum absolute atomic E-state index is 0. The smallest absolute Gasteiger partial charge is 0.193 e. The van der Waals surface area contributed by atoms with E-state index >= 15 is 0 Å². The molecule has 2 N–H and O–H groups in total. The Bertz CT molecular complexity index is 721. The number of hydrogen-bond acceptors (Lipinski definition) is 4. The number of likely N-dealkylation sites (tertiary alicyclic amines) is 1. The van der Waals surface area contributed by atoms with Gasteiger partial charge in [0.1, 0.15) is 17.7 Å². The molecular formula is C23H34IN5O. The Labute approximate surface area is 197 Å². The topological polar surface area (TPSA) is 61.8 Å². The summed E-state index contributed by atoms with van der Waals surface area (Å²) in [6.07, 6.45) is 6.27. The molecule has 1 aliphatic heterocycles. The summed E-state index contributed by atoms with van der Waals surface area (Å²) in [7, 11) is 0. The van der Waals surface area contributed by atoms with Crippen molar-refractivity contribution in [2.45, 2.75) is 38.7 Å². The molecule has 1 aliphatic rings. The van der Waals surface area contributed by atoms with Crippen molar-refractivity contribution in [2.24, 2.45) is 4.99 Å². The molecule has 0 spiro atoms. The van der Waals surface area contributed by atoms with Gasteiger partial charge in [0.25, 0.3) is 0 Å². The molecule has 0 amide bonds. The van der Waals surface area contributed by atoms with Crippen LogP contribution < -0.4 is 15.4 Å².